The number of aromatic hydroxyl groups is 1. The molecule has 252 valence electrons. The van der Waals surface area contributed by atoms with E-state index in [0.29, 0.717) is 22.2 Å². The topological polar surface area (TPSA) is 154 Å². The molecule has 0 radical (unpaired) electrons. The number of rotatable bonds is 13. The maximum absolute atomic E-state index is 13.4. The van der Waals surface area contributed by atoms with Gasteiger partial charge in [-0.15, -0.1) is 0 Å². The highest BCUT2D eigenvalue weighted by molar-refractivity contribution is 6.42. The number of nitrogens with zero attached hydrogens (tertiary/aromatic N) is 2. The predicted octanol–water partition coefficient (Wildman–Crippen LogP) is 5.17. The Morgan fingerprint density at radius 3 is 2.27 bits per heavy atom. The van der Waals surface area contributed by atoms with E-state index in [1.165, 1.54) is 18.3 Å². The first-order valence-electron chi connectivity index (χ1n) is 15.2. The molecule has 3 amide bonds. The monoisotopic (exact) mass is 701 g/mol. The fourth-order valence-corrected chi connectivity index (χ4v) is 5.36. The Hall–Kier alpha value is -5.36. The first kappa shape index (κ1) is 35.0. The number of halogens is 2. The van der Waals surface area contributed by atoms with Gasteiger partial charge in [-0.1, -0.05) is 89.9 Å². The molecule has 1 aromatic heterocycles. The molecule has 0 bridgehead atoms. The second kappa shape index (κ2) is 16.6. The van der Waals surface area contributed by atoms with Crippen molar-refractivity contribution in [3.05, 3.63) is 136 Å². The number of nitrogens with one attached hydrogen (secondary N) is 3. The van der Waals surface area contributed by atoms with Crippen LogP contribution in [0.4, 0.5) is 4.79 Å². The molecule has 0 saturated heterocycles. The molecule has 11 nitrogen and oxygen atoms in total. The average molecular weight is 703 g/mol. The molecule has 0 aliphatic carbocycles. The van der Waals surface area contributed by atoms with Gasteiger partial charge in [0.25, 0.3) is 5.91 Å². The molecule has 0 spiro atoms. The quantitative estimate of drug-likeness (QED) is 0.0844. The highest BCUT2D eigenvalue weighted by atomic mass is 35.5. The van der Waals surface area contributed by atoms with Crippen molar-refractivity contribution < 1.29 is 29.3 Å². The first-order chi connectivity index (χ1) is 23.7. The van der Waals surface area contributed by atoms with Gasteiger partial charge in [0.1, 0.15) is 24.4 Å². The molecule has 5 N–H and O–H groups in total. The summed E-state index contributed by atoms with van der Waals surface area (Å²) in [5, 5.41) is 30.5. The van der Waals surface area contributed by atoms with Crippen LogP contribution in [-0.4, -0.2) is 57.6 Å². The van der Waals surface area contributed by atoms with Crippen LogP contribution in [0.3, 0.4) is 0 Å². The summed E-state index contributed by atoms with van der Waals surface area (Å²) < 4.78 is 7.19. The molecule has 13 heteroatoms. The molecule has 4 aromatic carbocycles. The van der Waals surface area contributed by atoms with Crippen molar-refractivity contribution in [2.75, 3.05) is 6.61 Å². The van der Waals surface area contributed by atoms with E-state index in [2.05, 4.69) is 21.2 Å². The standard InChI is InChI=1S/C36H33Cl2N5O6/c37-29-15-12-25(16-30(29)38)19-43-20-26(28-8-4-5-9-33(28)43)18-39-42-35(47)31(17-23-10-13-27(45)14-11-23)40-34(46)32(21-44)41-36(48)49-22-24-6-2-1-3-7-24/h1-16,18,20,31-32,44-45H,17,19,21-22H2,(H,40,46)(H,41,48)(H,42,47)/b39-18-/t31-,32-/m0/s1. The van der Waals surface area contributed by atoms with Crippen molar-refractivity contribution in [2.24, 2.45) is 5.10 Å². The maximum Gasteiger partial charge on any atom is 0.408 e. The van der Waals surface area contributed by atoms with E-state index < -0.39 is 36.6 Å². The predicted molar refractivity (Wildman–Crippen MR) is 188 cm³/mol. The van der Waals surface area contributed by atoms with Crippen molar-refractivity contribution in [3.63, 3.8) is 0 Å². The molecule has 2 atom stereocenters. The number of phenolic OH excluding ortho intramolecular Hbond substituents is 1. The number of ether oxygens (including phenoxy) is 1. The maximum atomic E-state index is 13.4. The highest BCUT2D eigenvalue weighted by Crippen LogP contribution is 2.25. The van der Waals surface area contributed by atoms with Crippen molar-refractivity contribution in [3.8, 4) is 5.75 Å². The molecular weight excluding hydrogens is 669 g/mol. The molecule has 49 heavy (non-hydrogen) atoms. The fourth-order valence-electron chi connectivity index (χ4n) is 5.04. The van der Waals surface area contributed by atoms with Crippen LogP contribution in [0, 0.1) is 0 Å². The molecular formula is C36H33Cl2N5O6. The van der Waals surface area contributed by atoms with E-state index in [9.17, 15) is 24.6 Å². The Morgan fingerprint density at radius 2 is 1.53 bits per heavy atom. The van der Waals surface area contributed by atoms with E-state index in [4.69, 9.17) is 27.9 Å². The lowest BCUT2D eigenvalue weighted by atomic mass is 10.0. The molecule has 5 rings (SSSR count). The van der Waals surface area contributed by atoms with Gasteiger partial charge in [-0.2, -0.15) is 5.10 Å². The number of hydrazone groups is 1. The summed E-state index contributed by atoms with van der Waals surface area (Å²) in [6.07, 6.45) is 2.51. The second-order valence-corrected chi connectivity index (χ2v) is 11.9. The number of aromatic nitrogens is 1. The summed E-state index contributed by atoms with van der Waals surface area (Å²) in [5.41, 5.74) is 6.47. The lowest BCUT2D eigenvalue weighted by molar-refractivity contribution is -0.130. The van der Waals surface area contributed by atoms with Crippen LogP contribution in [0.15, 0.2) is 108 Å². The Bertz CT molecular complexity index is 1950. The zero-order valence-corrected chi connectivity index (χ0v) is 27.6. The van der Waals surface area contributed by atoms with E-state index in [1.54, 1.807) is 48.5 Å². The van der Waals surface area contributed by atoms with Gasteiger partial charge in [0, 0.05) is 35.6 Å². The van der Waals surface area contributed by atoms with Gasteiger partial charge >= 0.3 is 6.09 Å². The molecule has 0 aliphatic heterocycles. The Morgan fingerprint density at radius 1 is 0.816 bits per heavy atom. The number of carbonyl (C=O) groups excluding carboxylic acids is 3. The molecule has 5 aromatic rings. The molecule has 0 unspecified atom stereocenters. The first-order valence-corrected chi connectivity index (χ1v) is 16.0. The number of aliphatic hydroxyl groups is 1. The van der Waals surface area contributed by atoms with Crippen LogP contribution in [0.1, 0.15) is 22.3 Å². The van der Waals surface area contributed by atoms with Crippen molar-refractivity contribution in [2.45, 2.75) is 31.7 Å². The number of phenols is 1. The average Bonchev–Trinajstić information content (AvgIpc) is 3.45. The van der Waals surface area contributed by atoms with E-state index in [1.807, 2.05) is 47.2 Å². The zero-order valence-electron chi connectivity index (χ0n) is 26.1. The smallest absolute Gasteiger partial charge is 0.408 e. The highest BCUT2D eigenvalue weighted by Gasteiger charge is 2.27. The third kappa shape index (κ3) is 9.60. The van der Waals surface area contributed by atoms with Gasteiger partial charge in [-0.3, -0.25) is 9.59 Å². The van der Waals surface area contributed by atoms with Crippen LogP contribution in [0.5, 0.6) is 5.75 Å². The number of alkyl carbamates (subject to hydrolysis) is 1. The van der Waals surface area contributed by atoms with Gasteiger partial charge in [-0.05, 0) is 47.0 Å². The largest absolute Gasteiger partial charge is 0.508 e. The summed E-state index contributed by atoms with van der Waals surface area (Å²) >= 11 is 12.3. The summed E-state index contributed by atoms with van der Waals surface area (Å²) in [7, 11) is 0. The van der Waals surface area contributed by atoms with E-state index in [0.717, 1.165) is 27.6 Å². The summed E-state index contributed by atoms with van der Waals surface area (Å²) in [6.45, 7) is -0.271. The van der Waals surface area contributed by atoms with Gasteiger partial charge in [0.2, 0.25) is 5.91 Å². The summed E-state index contributed by atoms with van der Waals surface area (Å²) in [6, 6.07) is 25.7. The molecule has 0 fully saturated rings. The van der Waals surface area contributed by atoms with Gasteiger partial charge in [0.05, 0.1) is 22.9 Å². The Labute approximate surface area is 292 Å². The SMILES string of the molecule is O=C(N[C@@H](CO)C(=O)N[C@@H](Cc1ccc(O)cc1)C(=O)N/N=C\c1cn(Cc2ccc(Cl)c(Cl)c2)c2ccccc12)OCc1ccccc1. The van der Waals surface area contributed by atoms with Crippen molar-refractivity contribution in [1.29, 1.82) is 0 Å². The van der Waals surface area contributed by atoms with Crippen molar-refractivity contribution in [1.82, 2.24) is 20.6 Å². The second-order valence-electron chi connectivity index (χ2n) is 11.1. The van der Waals surface area contributed by atoms with Crippen molar-refractivity contribution >= 4 is 58.2 Å². The summed E-state index contributed by atoms with van der Waals surface area (Å²) in [5.74, 6) is -1.43. The zero-order chi connectivity index (χ0) is 34.8. The minimum Gasteiger partial charge on any atom is -0.508 e. The lowest BCUT2D eigenvalue weighted by Gasteiger charge is -2.21. The Kier molecular flexibility index (Phi) is 11.9. The number of amides is 3. The Balaban J connectivity index is 1.28. The number of aliphatic hydroxyl groups excluding tert-OH is 1. The number of carbonyl (C=O) groups is 3. The number of hydrogen-bond acceptors (Lipinski definition) is 7. The molecule has 0 saturated carbocycles. The molecule has 1 heterocycles. The number of benzene rings is 4. The molecule has 0 aliphatic rings. The number of para-hydroxylation sites is 1. The van der Waals surface area contributed by atoms with Crippen LogP contribution in [0.25, 0.3) is 10.9 Å². The fraction of sp³-hybridized carbons (Fsp3) is 0.167. The minimum absolute atomic E-state index is 0.0208. The van der Waals surface area contributed by atoms with Crippen LogP contribution >= 0.6 is 23.2 Å². The van der Waals surface area contributed by atoms with E-state index in [-0.39, 0.29) is 18.8 Å². The lowest BCUT2D eigenvalue weighted by Crippen LogP contribution is -2.55. The third-order valence-corrected chi connectivity index (χ3v) is 8.29. The number of fused-ring (bicyclic) bond motifs is 1. The van der Waals surface area contributed by atoms with Gasteiger partial charge in [-0.25, -0.2) is 10.2 Å². The van der Waals surface area contributed by atoms with Crippen LogP contribution in [0.2, 0.25) is 10.0 Å². The minimum atomic E-state index is -1.40. The van der Waals surface area contributed by atoms with Crippen LogP contribution < -0.4 is 16.1 Å². The summed E-state index contributed by atoms with van der Waals surface area (Å²) in [4.78, 5) is 38.9. The normalized spacial score (nSPS) is 12.4. The third-order valence-electron chi connectivity index (χ3n) is 7.55. The van der Waals surface area contributed by atoms with Crippen LogP contribution in [-0.2, 0) is 33.9 Å². The van der Waals surface area contributed by atoms with Gasteiger partial charge < -0.3 is 30.2 Å². The van der Waals surface area contributed by atoms with E-state index >= 15 is 0 Å². The number of hydrogen-bond donors (Lipinski definition) is 5. The van der Waals surface area contributed by atoms with Gasteiger partial charge in [0.15, 0.2) is 0 Å².